The molecule has 0 aliphatic rings. The second-order valence-electron chi connectivity index (χ2n) is 6.65. The fraction of sp³-hybridized carbons (Fsp3) is 0.136. The molecule has 3 aromatic carbocycles. The minimum absolute atomic E-state index is 0.250. The van der Waals surface area contributed by atoms with Crippen molar-refractivity contribution in [2.75, 3.05) is 5.32 Å². The minimum atomic E-state index is -0.755. The number of rotatable bonds is 6. The molecule has 4 N–H and O–H groups in total. The van der Waals surface area contributed by atoms with Gasteiger partial charge >= 0.3 is 0 Å². The number of hydrogen-bond acceptors (Lipinski definition) is 4. The van der Waals surface area contributed by atoms with Crippen molar-refractivity contribution in [2.24, 2.45) is 0 Å². The fourth-order valence-corrected chi connectivity index (χ4v) is 3.05. The van der Waals surface area contributed by atoms with E-state index in [1.807, 2.05) is 42.5 Å². The molecule has 3 rings (SSSR count). The Kier molecular flexibility index (Phi) is 6.21. The average Bonchev–Trinajstić information content (AvgIpc) is 2.72. The molecule has 0 bridgehead atoms. The molecule has 3 aromatic rings. The normalized spacial score (nSPS) is 11.5. The average molecular weight is 391 g/mol. The monoisotopic (exact) mass is 391 g/mol. The molecular formula is C22H21N3O4. The number of nitrogens with one attached hydrogen (secondary N) is 3. The summed E-state index contributed by atoms with van der Waals surface area (Å²) >= 11 is 0. The number of anilines is 1. The van der Waals surface area contributed by atoms with Crippen molar-refractivity contribution < 1.29 is 19.6 Å². The van der Waals surface area contributed by atoms with Crippen LogP contribution in [0.25, 0.3) is 10.8 Å². The summed E-state index contributed by atoms with van der Waals surface area (Å²) in [6.07, 6.45) is 0.335. The van der Waals surface area contributed by atoms with Gasteiger partial charge in [0.25, 0.3) is 5.91 Å². The van der Waals surface area contributed by atoms with Crippen molar-refractivity contribution in [2.45, 2.75) is 19.4 Å². The zero-order chi connectivity index (χ0) is 20.8. The van der Waals surface area contributed by atoms with Crippen LogP contribution >= 0.6 is 0 Å². The second kappa shape index (κ2) is 8.99. The molecule has 7 nitrogen and oxygen atoms in total. The van der Waals surface area contributed by atoms with Crippen molar-refractivity contribution in [3.05, 3.63) is 77.9 Å². The molecule has 0 saturated heterocycles. The lowest BCUT2D eigenvalue weighted by Crippen LogP contribution is -2.44. The standard InChI is InChI=1S/C22H21N3O4/c1-14(26)23-20(13-15-6-7-16-4-2-3-5-18(16)12-15)22(28)24-19-10-8-17(9-11-19)21(27)25-29/h2-12,20,29H,13H2,1H3,(H,23,26)(H,24,28)(H,25,27)/t20-/m0/s1. The highest BCUT2D eigenvalue weighted by Gasteiger charge is 2.20. The topological polar surface area (TPSA) is 108 Å². The van der Waals surface area contributed by atoms with Crippen LogP contribution in [0.4, 0.5) is 5.69 Å². The molecule has 148 valence electrons. The van der Waals surface area contributed by atoms with Crippen LogP contribution in [0.5, 0.6) is 0 Å². The molecule has 0 heterocycles. The van der Waals surface area contributed by atoms with Gasteiger partial charge in [-0.25, -0.2) is 5.48 Å². The fourth-order valence-electron chi connectivity index (χ4n) is 3.05. The Morgan fingerprint density at radius 1 is 0.931 bits per heavy atom. The van der Waals surface area contributed by atoms with E-state index in [9.17, 15) is 14.4 Å². The Hall–Kier alpha value is -3.71. The van der Waals surface area contributed by atoms with E-state index in [0.29, 0.717) is 12.1 Å². The first-order valence-electron chi connectivity index (χ1n) is 9.06. The molecule has 29 heavy (non-hydrogen) atoms. The summed E-state index contributed by atoms with van der Waals surface area (Å²) in [6.45, 7) is 1.36. The van der Waals surface area contributed by atoms with Gasteiger partial charge in [0, 0.05) is 24.6 Å². The maximum Gasteiger partial charge on any atom is 0.274 e. The van der Waals surface area contributed by atoms with Gasteiger partial charge in [-0.15, -0.1) is 0 Å². The molecule has 0 fully saturated rings. The summed E-state index contributed by atoms with van der Waals surface area (Å²) in [6, 6.07) is 19.1. The Morgan fingerprint density at radius 3 is 2.28 bits per heavy atom. The highest BCUT2D eigenvalue weighted by atomic mass is 16.5. The van der Waals surface area contributed by atoms with Crippen molar-refractivity contribution in [1.82, 2.24) is 10.8 Å². The summed E-state index contributed by atoms with van der Waals surface area (Å²) in [5.41, 5.74) is 3.19. The van der Waals surface area contributed by atoms with Crippen LogP contribution in [0.1, 0.15) is 22.8 Å². The van der Waals surface area contributed by atoms with E-state index in [2.05, 4.69) is 10.6 Å². The predicted molar refractivity (Wildman–Crippen MR) is 110 cm³/mol. The predicted octanol–water partition coefficient (Wildman–Crippen LogP) is 2.64. The van der Waals surface area contributed by atoms with Gasteiger partial charge in [-0.1, -0.05) is 42.5 Å². The molecule has 0 unspecified atom stereocenters. The molecule has 3 amide bonds. The Bertz CT molecular complexity index is 1050. The van der Waals surface area contributed by atoms with Crippen LogP contribution < -0.4 is 16.1 Å². The van der Waals surface area contributed by atoms with E-state index in [4.69, 9.17) is 5.21 Å². The number of hydroxylamine groups is 1. The third-order valence-electron chi connectivity index (χ3n) is 4.46. The van der Waals surface area contributed by atoms with Crippen LogP contribution in [0.3, 0.4) is 0 Å². The largest absolute Gasteiger partial charge is 0.344 e. The first kappa shape index (κ1) is 20.0. The third kappa shape index (κ3) is 5.18. The molecule has 0 saturated carbocycles. The molecule has 0 spiro atoms. The van der Waals surface area contributed by atoms with Gasteiger partial charge in [0.15, 0.2) is 0 Å². The maximum absolute atomic E-state index is 12.7. The number of amides is 3. The second-order valence-corrected chi connectivity index (χ2v) is 6.65. The van der Waals surface area contributed by atoms with E-state index in [-0.39, 0.29) is 17.4 Å². The third-order valence-corrected chi connectivity index (χ3v) is 4.46. The van der Waals surface area contributed by atoms with E-state index >= 15 is 0 Å². The summed E-state index contributed by atoms with van der Waals surface area (Å²) < 4.78 is 0. The van der Waals surface area contributed by atoms with Gasteiger partial charge < -0.3 is 10.6 Å². The highest BCUT2D eigenvalue weighted by molar-refractivity contribution is 5.98. The zero-order valence-corrected chi connectivity index (χ0v) is 15.8. The number of fused-ring (bicyclic) bond motifs is 1. The van der Waals surface area contributed by atoms with Gasteiger partial charge in [0.1, 0.15) is 6.04 Å². The van der Waals surface area contributed by atoms with Gasteiger partial charge in [0.2, 0.25) is 11.8 Å². The smallest absolute Gasteiger partial charge is 0.274 e. The SMILES string of the molecule is CC(=O)N[C@@H](Cc1ccc2ccccc2c1)C(=O)Nc1ccc(C(=O)NO)cc1. The Labute approximate surface area is 167 Å². The summed E-state index contributed by atoms with van der Waals surface area (Å²) in [7, 11) is 0. The quantitative estimate of drug-likeness (QED) is 0.383. The molecular weight excluding hydrogens is 370 g/mol. The summed E-state index contributed by atoms with van der Waals surface area (Å²) in [5.74, 6) is -1.32. The Morgan fingerprint density at radius 2 is 1.62 bits per heavy atom. The lowest BCUT2D eigenvalue weighted by atomic mass is 10.0. The van der Waals surface area contributed by atoms with Crippen molar-refractivity contribution in [1.29, 1.82) is 0 Å². The number of hydrogen-bond donors (Lipinski definition) is 4. The van der Waals surface area contributed by atoms with E-state index in [1.54, 1.807) is 17.6 Å². The highest BCUT2D eigenvalue weighted by Crippen LogP contribution is 2.17. The van der Waals surface area contributed by atoms with E-state index in [1.165, 1.54) is 19.1 Å². The van der Waals surface area contributed by atoms with Crippen molar-refractivity contribution in [3.63, 3.8) is 0 Å². The van der Waals surface area contributed by atoms with Gasteiger partial charge in [-0.2, -0.15) is 0 Å². The molecule has 1 atom stereocenters. The van der Waals surface area contributed by atoms with Crippen LogP contribution in [-0.2, 0) is 16.0 Å². The lowest BCUT2D eigenvalue weighted by Gasteiger charge is -2.18. The van der Waals surface area contributed by atoms with Crippen LogP contribution in [-0.4, -0.2) is 29.0 Å². The van der Waals surface area contributed by atoms with Crippen molar-refractivity contribution >= 4 is 34.2 Å². The van der Waals surface area contributed by atoms with Gasteiger partial charge in [-0.3, -0.25) is 19.6 Å². The molecule has 7 heteroatoms. The number of carbonyl (C=O) groups is 3. The lowest BCUT2D eigenvalue weighted by molar-refractivity contribution is -0.125. The molecule has 0 aliphatic carbocycles. The van der Waals surface area contributed by atoms with Gasteiger partial charge in [-0.05, 0) is 40.6 Å². The molecule has 0 aliphatic heterocycles. The molecule has 0 aromatic heterocycles. The number of carbonyl (C=O) groups excluding carboxylic acids is 3. The first-order chi connectivity index (χ1) is 14.0. The number of benzene rings is 3. The molecule has 0 radical (unpaired) electrons. The van der Waals surface area contributed by atoms with E-state index in [0.717, 1.165) is 16.3 Å². The van der Waals surface area contributed by atoms with Crippen molar-refractivity contribution in [3.8, 4) is 0 Å². The van der Waals surface area contributed by atoms with Crippen LogP contribution in [0.2, 0.25) is 0 Å². The summed E-state index contributed by atoms with van der Waals surface area (Å²) in [4.78, 5) is 35.7. The minimum Gasteiger partial charge on any atom is -0.344 e. The first-order valence-corrected chi connectivity index (χ1v) is 9.06. The summed E-state index contributed by atoms with van der Waals surface area (Å²) in [5, 5.41) is 16.2. The van der Waals surface area contributed by atoms with Crippen LogP contribution in [0.15, 0.2) is 66.7 Å². The zero-order valence-electron chi connectivity index (χ0n) is 15.8. The van der Waals surface area contributed by atoms with Gasteiger partial charge in [0.05, 0.1) is 0 Å². The Balaban J connectivity index is 1.75. The maximum atomic E-state index is 12.7. The van der Waals surface area contributed by atoms with Crippen LogP contribution in [0, 0.1) is 0 Å². The van der Waals surface area contributed by atoms with E-state index < -0.39 is 11.9 Å².